The normalized spacial score (nSPS) is 12.1. The van der Waals surface area contributed by atoms with Crippen LogP contribution in [0.5, 0.6) is 0 Å². The molecular formula is C12H24N2O3. The van der Waals surface area contributed by atoms with Crippen LogP contribution in [-0.2, 0) is 9.59 Å². The van der Waals surface area contributed by atoms with Gasteiger partial charge < -0.3 is 16.2 Å². The summed E-state index contributed by atoms with van der Waals surface area (Å²) in [5.74, 6) is -0.465. The fourth-order valence-corrected chi connectivity index (χ4v) is 1.45. The molecule has 0 aliphatic rings. The van der Waals surface area contributed by atoms with Gasteiger partial charge in [0.15, 0.2) is 0 Å². The van der Waals surface area contributed by atoms with Gasteiger partial charge in [-0.25, -0.2) is 0 Å². The lowest BCUT2D eigenvalue weighted by molar-refractivity contribution is -0.137. The molecule has 17 heavy (non-hydrogen) atoms. The molecule has 1 atom stereocenters. The van der Waals surface area contributed by atoms with E-state index in [1.807, 2.05) is 6.92 Å². The first kappa shape index (κ1) is 15.9. The van der Waals surface area contributed by atoms with Crippen molar-refractivity contribution in [2.45, 2.75) is 45.4 Å². The van der Waals surface area contributed by atoms with Crippen LogP contribution in [0.2, 0.25) is 0 Å². The lowest BCUT2D eigenvalue weighted by atomic mass is 10.1. The molecule has 0 saturated heterocycles. The Kier molecular flexibility index (Phi) is 9.43. The second-order valence-electron chi connectivity index (χ2n) is 4.45. The summed E-state index contributed by atoms with van der Waals surface area (Å²) in [5, 5.41) is 11.3. The molecule has 0 rings (SSSR count). The number of carboxylic acids is 1. The maximum Gasteiger partial charge on any atom is 0.303 e. The Morgan fingerprint density at radius 1 is 1.24 bits per heavy atom. The van der Waals surface area contributed by atoms with Crippen LogP contribution >= 0.6 is 0 Å². The van der Waals surface area contributed by atoms with Crippen molar-refractivity contribution in [2.24, 2.45) is 11.7 Å². The molecule has 5 heteroatoms. The Morgan fingerprint density at radius 3 is 2.47 bits per heavy atom. The highest BCUT2D eigenvalue weighted by atomic mass is 16.4. The van der Waals surface area contributed by atoms with Crippen LogP contribution in [0.3, 0.4) is 0 Å². The van der Waals surface area contributed by atoms with Crippen LogP contribution in [0.1, 0.15) is 45.4 Å². The Bertz CT molecular complexity index is 232. The zero-order valence-corrected chi connectivity index (χ0v) is 10.6. The fourth-order valence-electron chi connectivity index (χ4n) is 1.45. The Labute approximate surface area is 103 Å². The van der Waals surface area contributed by atoms with Gasteiger partial charge in [-0.05, 0) is 25.3 Å². The molecule has 0 aromatic rings. The van der Waals surface area contributed by atoms with Crippen molar-refractivity contribution in [1.82, 2.24) is 5.32 Å². The minimum Gasteiger partial charge on any atom is -0.481 e. The summed E-state index contributed by atoms with van der Waals surface area (Å²) in [5.41, 5.74) is 5.43. The number of carboxylic acid groups (broad SMARTS) is 1. The standard InChI is InChI=1S/C12H24N2O3/c1-10(9-13)8-11(15)14-7-5-3-2-4-6-12(16)17/h10H,2-9,13H2,1H3,(H,14,15)(H,16,17). The van der Waals surface area contributed by atoms with E-state index in [1.165, 1.54) is 0 Å². The second-order valence-corrected chi connectivity index (χ2v) is 4.45. The lowest BCUT2D eigenvalue weighted by Gasteiger charge is -2.08. The first-order valence-electron chi connectivity index (χ1n) is 6.24. The van der Waals surface area contributed by atoms with Crippen LogP contribution in [0, 0.1) is 5.92 Å². The molecule has 1 amide bonds. The largest absolute Gasteiger partial charge is 0.481 e. The van der Waals surface area contributed by atoms with Gasteiger partial charge in [0, 0.05) is 19.4 Å². The average molecular weight is 244 g/mol. The van der Waals surface area contributed by atoms with Crippen molar-refractivity contribution in [3.05, 3.63) is 0 Å². The summed E-state index contributed by atoms with van der Waals surface area (Å²) in [6.45, 7) is 3.15. The minimum atomic E-state index is -0.742. The quantitative estimate of drug-likeness (QED) is 0.502. The molecule has 100 valence electrons. The van der Waals surface area contributed by atoms with Gasteiger partial charge in [-0.1, -0.05) is 19.8 Å². The number of unbranched alkanes of at least 4 members (excludes halogenated alkanes) is 3. The average Bonchev–Trinajstić information content (AvgIpc) is 2.27. The zero-order valence-electron chi connectivity index (χ0n) is 10.6. The Morgan fingerprint density at radius 2 is 1.88 bits per heavy atom. The number of rotatable bonds is 10. The van der Waals surface area contributed by atoms with Gasteiger partial charge in [-0.15, -0.1) is 0 Å². The summed E-state index contributed by atoms with van der Waals surface area (Å²) < 4.78 is 0. The molecule has 0 fully saturated rings. The predicted molar refractivity (Wildman–Crippen MR) is 66.6 cm³/mol. The van der Waals surface area contributed by atoms with Gasteiger partial charge in [-0.3, -0.25) is 9.59 Å². The van der Waals surface area contributed by atoms with E-state index < -0.39 is 5.97 Å². The maximum absolute atomic E-state index is 11.3. The smallest absolute Gasteiger partial charge is 0.303 e. The highest BCUT2D eigenvalue weighted by molar-refractivity contribution is 5.76. The molecule has 1 unspecified atom stereocenters. The van der Waals surface area contributed by atoms with Gasteiger partial charge in [0.2, 0.25) is 5.91 Å². The summed E-state index contributed by atoms with van der Waals surface area (Å²) in [7, 11) is 0. The number of amides is 1. The maximum atomic E-state index is 11.3. The number of hydrogen-bond acceptors (Lipinski definition) is 3. The van der Waals surface area contributed by atoms with Crippen LogP contribution in [0.25, 0.3) is 0 Å². The number of aliphatic carboxylic acids is 1. The third-order valence-electron chi connectivity index (χ3n) is 2.58. The molecule has 0 aliphatic carbocycles. The topological polar surface area (TPSA) is 92.4 Å². The zero-order chi connectivity index (χ0) is 13.1. The summed E-state index contributed by atoms with van der Waals surface area (Å²) >= 11 is 0. The van der Waals surface area contributed by atoms with Crippen molar-refractivity contribution in [2.75, 3.05) is 13.1 Å². The van der Waals surface area contributed by atoms with E-state index in [4.69, 9.17) is 10.8 Å². The van der Waals surface area contributed by atoms with E-state index in [0.29, 0.717) is 25.9 Å². The molecule has 0 aromatic heterocycles. The SMILES string of the molecule is CC(CN)CC(=O)NCCCCCCC(=O)O. The molecular weight excluding hydrogens is 220 g/mol. The van der Waals surface area contributed by atoms with E-state index >= 15 is 0 Å². The molecule has 4 N–H and O–H groups in total. The van der Waals surface area contributed by atoms with E-state index in [1.54, 1.807) is 0 Å². The molecule has 0 spiro atoms. The highest BCUT2D eigenvalue weighted by Crippen LogP contribution is 2.03. The van der Waals surface area contributed by atoms with Crippen LogP contribution in [0.15, 0.2) is 0 Å². The highest BCUT2D eigenvalue weighted by Gasteiger charge is 2.06. The van der Waals surface area contributed by atoms with Gasteiger partial charge in [0.05, 0.1) is 0 Å². The van der Waals surface area contributed by atoms with Crippen molar-refractivity contribution in [3.8, 4) is 0 Å². The van der Waals surface area contributed by atoms with Gasteiger partial charge in [-0.2, -0.15) is 0 Å². The first-order valence-corrected chi connectivity index (χ1v) is 6.24. The predicted octanol–water partition coefficient (Wildman–Crippen LogP) is 1.12. The summed E-state index contributed by atoms with van der Waals surface area (Å²) in [4.78, 5) is 21.6. The monoisotopic (exact) mass is 244 g/mol. The second kappa shape index (κ2) is 10.1. The number of carbonyl (C=O) groups excluding carboxylic acids is 1. The van der Waals surface area contributed by atoms with Crippen molar-refractivity contribution >= 4 is 11.9 Å². The van der Waals surface area contributed by atoms with Crippen molar-refractivity contribution in [1.29, 1.82) is 0 Å². The summed E-state index contributed by atoms with van der Waals surface area (Å²) in [6.07, 6.45) is 4.20. The Hall–Kier alpha value is -1.10. The van der Waals surface area contributed by atoms with Crippen LogP contribution in [0.4, 0.5) is 0 Å². The van der Waals surface area contributed by atoms with E-state index in [2.05, 4.69) is 5.32 Å². The third-order valence-corrected chi connectivity index (χ3v) is 2.58. The molecule has 0 aliphatic heterocycles. The lowest BCUT2D eigenvalue weighted by Crippen LogP contribution is -2.27. The number of nitrogens with two attached hydrogens (primary N) is 1. The fraction of sp³-hybridized carbons (Fsp3) is 0.833. The van der Waals surface area contributed by atoms with Gasteiger partial charge >= 0.3 is 5.97 Å². The number of hydrogen-bond donors (Lipinski definition) is 3. The van der Waals surface area contributed by atoms with Gasteiger partial charge in [0.25, 0.3) is 0 Å². The minimum absolute atomic E-state index is 0.0495. The molecule has 0 aromatic carbocycles. The Balaban J connectivity index is 3.27. The van der Waals surface area contributed by atoms with Crippen molar-refractivity contribution < 1.29 is 14.7 Å². The first-order chi connectivity index (χ1) is 8.06. The molecule has 0 radical (unpaired) electrons. The van der Waals surface area contributed by atoms with Crippen molar-refractivity contribution in [3.63, 3.8) is 0 Å². The van der Waals surface area contributed by atoms with E-state index in [0.717, 1.165) is 19.3 Å². The van der Waals surface area contributed by atoms with E-state index in [-0.39, 0.29) is 18.2 Å². The number of carbonyl (C=O) groups is 2. The molecule has 0 heterocycles. The van der Waals surface area contributed by atoms with Gasteiger partial charge in [0.1, 0.15) is 0 Å². The van der Waals surface area contributed by atoms with Crippen LogP contribution < -0.4 is 11.1 Å². The van der Waals surface area contributed by atoms with E-state index in [9.17, 15) is 9.59 Å². The summed E-state index contributed by atoms with van der Waals surface area (Å²) in [6, 6.07) is 0. The molecule has 5 nitrogen and oxygen atoms in total. The van der Waals surface area contributed by atoms with Crippen LogP contribution in [-0.4, -0.2) is 30.1 Å². The third kappa shape index (κ3) is 11.2. The number of nitrogens with one attached hydrogen (secondary N) is 1. The molecule has 0 bridgehead atoms. The molecule has 0 saturated carbocycles.